The molecular formula is C16H26N2O2. The van der Waals surface area contributed by atoms with Crippen molar-refractivity contribution < 1.29 is 9.59 Å². The second-order valence-electron chi connectivity index (χ2n) is 7.10. The van der Waals surface area contributed by atoms with Gasteiger partial charge >= 0.3 is 0 Å². The summed E-state index contributed by atoms with van der Waals surface area (Å²) in [6.45, 7) is 4.56. The normalized spacial score (nSPS) is 36.1. The summed E-state index contributed by atoms with van der Waals surface area (Å²) in [5.41, 5.74) is -0.641. The standard InChI is InChI=1S/C16H26N2O2/c1-11-14(19)17-16(2,13-8-9-13)15(20)18(11)10-12-6-4-3-5-7-12/h11-13H,3-10H2,1-2H3,(H,17,19). The Hall–Kier alpha value is -1.06. The highest BCUT2D eigenvalue weighted by atomic mass is 16.2. The van der Waals surface area contributed by atoms with E-state index in [1.54, 1.807) is 0 Å². The third kappa shape index (κ3) is 2.33. The van der Waals surface area contributed by atoms with Crippen LogP contribution in [0.25, 0.3) is 0 Å². The van der Waals surface area contributed by atoms with Crippen molar-refractivity contribution in [2.75, 3.05) is 6.54 Å². The summed E-state index contributed by atoms with van der Waals surface area (Å²) in [6, 6.07) is -0.309. The van der Waals surface area contributed by atoms with Crippen molar-refractivity contribution >= 4 is 11.8 Å². The zero-order valence-corrected chi connectivity index (χ0v) is 12.7. The van der Waals surface area contributed by atoms with Crippen LogP contribution in [0.1, 0.15) is 58.8 Å². The monoisotopic (exact) mass is 278 g/mol. The molecule has 2 aliphatic carbocycles. The highest BCUT2D eigenvalue weighted by molar-refractivity contribution is 5.99. The average Bonchev–Trinajstić information content (AvgIpc) is 3.27. The van der Waals surface area contributed by atoms with E-state index in [0.29, 0.717) is 11.8 Å². The average molecular weight is 278 g/mol. The van der Waals surface area contributed by atoms with Crippen LogP contribution in [0, 0.1) is 11.8 Å². The molecule has 1 N–H and O–H groups in total. The number of hydrogen-bond acceptors (Lipinski definition) is 2. The fourth-order valence-electron chi connectivity index (χ4n) is 3.86. The first kappa shape index (κ1) is 13.9. The summed E-state index contributed by atoms with van der Waals surface area (Å²) in [5, 5.41) is 2.99. The van der Waals surface area contributed by atoms with Gasteiger partial charge in [0.2, 0.25) is 11.8 Å². The first-order valence-corrected chi connectivity index (χ1v) is 8.15. The predicted molar refractivity (Wildman–Crippen MR) is 77.0 cm³/mol. The first-order valence-electron chi connectivity index (χ1n) is 8.15. The Morgan fingerprint density at radius 1 is 1.15 bits per heavy atom. The molecule has 3 aliphatic rings. The molecule has 2 saturated carbocycles. The Balaban J connectivity index is 1.75. The Kier molecular flexibility index (Phi) is 3.51. The molecule has 20 heavy (non-hydrogen) atoms. The largest absolute Gasteiger partial charge is 0.340 e. The Morgan fingerprint density at radius 3 is 2.40 bits per heavy atom. The van der Waals surface area contributed by atoms with Gasteiger partial charge in [-0.3, -0.25) is 9.59 Å². The molecule has 1 heterocycles. The van der Waals surface area contributed by atoms with E-state index in [-0.39, 0.29) is 17.9 Å². The maximum absolute atomic E-state index is 12.9. The lowest BCUT2D eigenvalue weighted by molar-refractivity contribution is -0.155. The molecule has 0 aromatic heterocycles. The molecule has 3 fully saturated rings. The summed E-state index contributed by atoms with van der Waals surface area (Å²) in [5.74, 6) is 1.11. The highest BCUT2D eigenvalue weighted by Gasteiger charge is 2.54. The third-order valence-corrected chi connectivity index (χ3v) is 5.51. The third-order valence-electron chi connectivity index (χ3n) is 5.51. The lowest BCUT2D eigenvalue weighted by atomic mass is 9.85. The summed E-state index contributed by atoms with van der Waals surface area (Å²) in [7, 11) is 0. The summed E-state index contributed by atoms with van der Waals surface area (Å²) < 4.78 is 0. The number of hydrogen-bond donors (Lipinski definition) is 1. The summed E-state index contributed by atoms with van der Waals surface area (Å²) in [4.78, 5) is 27.0. The van der Waals surface area contributed by atoms with Gasteiger partial charge in [-0.25, -0.2) is 0 Å². The highest BCUT2D eigenvalue weighted by Crippen LogP contribution is 2.42. The van der Waals surface area contributed by atoms with Crippen molar-refractivity contribution in [2.45, 2.75) is 70.4 Å². The van der Waals surface area contributed by atoms with E-state index in [9.17, 15) is 9.59 Å². The SMILES string of the molecule is CC1C(=O)NC(C)(C2CC2)C(=O)N1CC1CCCCC1. The second kappa shape index (κ2) is 5.05. The molecule has 0 aromatic carbocycles. The summed E-state index contributed by atoms with van der Waals surface area (Å²) >= 11 is 0. The smallest absolute Gasteiger partial charge is 0.249 e. The number of nitrogens with zero attached hydrogens (tertiary/aromatic N) is 1. The fourth-order valence-corrected chi connectivity index (χ4v) is 3.86. The van der Waals surface area contributed by atoms with E-state index < -0.39 is 5.54 Å². The molecular weight excluding hydrogens is 252 g/mol. The van der Waals surface area contributed by atoms with Gasteiger partial charge in [0, 0.05) is 6.54 Å². The molecule has 1 aliphatic heterocycles. The van der Waals surface area contributed by atoms with Gasteiger partial charge < -0.3 is 10.2 Å². The van der Waals surface area contributed by atoms with Crippen LogP contribution in [-0.4, -0.2) is 34.8 Å². The van der Waals surface area contributed by atoms with Gasteiger partial charge in [-0.05, 0) is 51.4 Å². The van der Waals surface area contributed by atoms with E-state index in [0.717, 1.165) is 19.4 Å². The number of piperazine rings is 1. The number of carbonyl (C=O) groups is 2. The van der Waals surface area contributed by atoms with E-state index in [4.69, 9.17) is 0 Å². The zero-order valence-electron chi connectivity index (χ0n) is 12.7. The van der Waals surface area contributed by atoms with Crippen LogP contribution in [0.2, 0.25) is 0 Å². The minimum atomic E-state index is -0.641. The van der Waals surface area contributed by atoms with Crippen LogP contribution in [0.15, 0.2) is 0 Å². The van der Waals surface area contributed by atoms with Crippen molar-refractivity contribution in [2.24, 2.45) is 11.8 Å². The van der Waals surface area contributed by atoms with Gasteiger partial charge in [0.15, 0.2) is 0 Å². The van der Waals surface area contributed by atoms with Gasteiger partial charge in [0.1, 0.15) is 11.6 Å². The molecule has 0 aromatic rings. The van der Waals surface area contributed by atoms with Crippen LogP contribution >= 0.6 is 0 Å². The Labute approximate surface area is 121 Å². The lowest BCUT2D eigenvalue weighted by Crippen LogP contribution is -2.70. The minimum absolute atomic E-state index is 0.0230. The van der Waals surface area contributed by atoms with Crippen LogP contribution in [0.3, 0.4) is 0 Å². The quantitative estimate of drug-likeness (QED) is 0.859. The Morgan fingerprint density at radius 2 is 1.80 bits per heavy atom. The van der Waals surface area contributed by atoms with Gasteiger partial charge in [0.25, 0.3) is 0 Å². The predicted octanol–water partition coefficient (Wildman–Crippen LogP) is 2.08. The fraction of sp³-hybridized carbons (Fsp3) is 0.875. The molecule has 4 heteroatoms. The van der Waals surface area contributed by atoms with Gasteiger partial charge in [0.05, 0.1) is 0 Å². The van der Waals surface area contributed by atoms with E-state index in [1.165, 1.54) is 32.1 Å². The zero-order chi connectivity index (χ0) is 14.3. The van der Waals surface area contributed by atoms with Crippen molar-refractivity contribution in [1.29, 1.82) is 0 Å². The first-order chi connectivity index (χ1) is 9.52. The number of rotatable bonds is 3. The van der Waals surface area contributed by atoms with Crippen LogP contribution in [0.4, 0.5) is 0 Å². The van der Waals surface area contributed by atoms with Crippen molar-refractivity contribution in [3.8, 4) is 0 Å². The van der Waals surface area contributed by atoms with Crippen LogP contribution in [0.5, 0.6) is 0 Å². The molecule has 1 saturated heterocycles. The van der Waals surface area contributed by atoms with Gasteiger partial charge in [-0.1, -0.05) is 19.3 Å². The Bertz CT molecular complexity index is 413. The van der Waals surface area contributed by atoms with E-state index >= 15 is 0 Å². The number of nitrogens with one attached hydrogen (secondary N) is 1. The number of amides is 2. The molecule has 3 rings (SSSR count). The molecule has 112 valence electrons. The van der Waals surface area contributed by atoms with Crippen molar-refractivity contribution in [1.82, 2.24) is 10.2 Å². The molecule has 0 spiro atoms. The van der Waals surface area contributed by atoms with Gasteiger partial charge in [-0.2, -0.15) is 0 Å². The number of carbonyl (C=O) groups excluding carboxylic acids is 2. The molecule has 2 atom stereocenters. The molecule has 4 nitrogen and oxygen atoms in total. The van der Waals surface area contributed by atoms with Crippen LogP contribution in [-0.2, 0) is 9.59 Å². The summed E-state index contributed by atoms with van der Waals surface area (Å²) in [6.07, 6.45) is 8.40. The van der Waals surface area contributed by atoms with Crippen molar-refractivity contribution in [3.63, 3.8) is 0 Å². The topological polar surface area (TPSA) is 49.4 Å². The maximum Gasteiger partial charge on any atom is 0.249 e. The maximum atomic E-state index is 12.9. The van der Waals surface area contributed by atoms with Crippen LogP contribution < -0.4 is 5.32 Å². The van der Waals surface area contributed by atoms with Gasteiger partial charge in [-0.15, -0.1) is 0 Å². The second-order valence-corrected chi connectivity index (χ2v) is 7.10. The molecule has 0 bridgehead atoms. The van der Waals surface area contributed by atoms with E-state index in [1.807, 2.05) is 18.7 Å². The molecule has 0 radical (unpaired) electrons. The lowest BCUT2D eigenvalue weighted by Gasteiger charge is -2.45. The molecule has 2 unspecified atom stereocenters. The molecule has 2 amide bonds. The van der Waals surface area contributed by atoms with E-state index in [2.05, 4.69) is 5.32 Å². The minimum Gasteiger partial charge on any atom is -0.340 e. The van der Waals surface area contributed by atoms with Crippen molar-refractivity contribution in [3.05, 3.63) is 0 Å².